The van der Waals surface area contributed by atoms with E-state index in [4.69, 9.17) is 0 Å². The summed E-state index contributed by atoms with van der Waals surface area (Å²) in [7, 11) is 0. The Balaban J connectivity index is 1.38. The van der Waals surface area contributed by atoms with Crippen molar-refractivity contribution in [3.8, 4) is 5.69 Å². The molecule has 0 atom stereocenters. The second-order valence-electron chi connectivity index (χ2n) is 7.05. The summed E-state index contributed by atoms with van der Waals surface area (Å²) in [4.78, 5) is 39.0. The summed E-state index contributed by atoms with van der Waals surface area (Å²) < 4.78 is 1.85. The number of benzene rings is 2. The van der Waals surface area contributed by atoms with E-state index >= 15 is 0 Å². The SMILES string of the molecule is Cc1nn(-c2ccccc2)c2sc(C(=O)Nc3ccc(N4C(=O)CNC4=O)cc3)cc12. The van der Waals surface area contributed by atoms with Crippen LogP contribution in [0.3, 0.4) is 0 Å². The van der Waals surface area contributed by atoms with Gasteiger partial charge in [0.05, 0.1) is 28.5 Å². The van der Waals surface area contributed by atoms with E-state index in [1.165, 1.54) is 11.3 Å². The number of aromatic nitrogens is 2. The summed E-state index contributed by atoms with van der Waals surface area (Å²) in [6.07, 6.45) is 0. The lowest BCUT2D eigenvalue weighted by Gasteiger charge is -2.13. The number of para-hydroxylation sites is 1. The van der Waals surface area contributed by atoms with Crippen molar-refractivity contribution in [2.75, 3.05) is 16.8 Å². The first kappa shape index (κ1) is 19.0. The molecule has 0 radical (unpaired) electrons. The maximum atomic E-state index is 12.8. The van der Waals surface area contributed by atoms with Gasteiger partial charge in [-0.25, -0.2) is 14.4 Å². The van der Waals surface area contributed by atoms with Crippen LogP contribution in [-0.2, 0) is 4.79 Å². The van der Waals surface area contributed by atoms with Gasteiger partial charge in [-0.05, 0) is 49.4 Å². The Morgan fingerprint density at radius 1 is 1.06 bits per heavy atom. The topological polar surface area (TPSA) is 96.3 Å². The molecule has 1 aliphatic heterocycles. The lowest BCUT2D eigenvalue weighted by atomic mass is 10.2. The van der Waals surface area contributed by atoms with Gasteiger partial charge in [-0.3, -0.25) is 9.59 Å². The van der Waals surface area contributed by atoms with Gasteiger partial charge in [0.25, 0.3) is 11.8 Å². The van der Waals surface area contributed by atoms with Gasteiger partial charge in [0, 0.05) is 11.1 Å². The normalized spacial score (nSPS) is 13.6. The van der Waals surface area contributed by atoms with Crippen LogP contribution in [0.1, 0.15) is 15.4 Å². The highest BCUT2D eigenvalue weighted by Crippen LogP contribution is 2.31. The average Bonchev–Trinajstić information content (AvgIpc) is 3.45. The molecule has 8 nitrogen and oxygen atoms in total. The standard InChI is InChI=1S/C22H17N5O3S/c1-13-17-11-18(31-21(17)27(25-13)16-5-3-2-4-6-16)20(29)24-14-7-9-15(10-8-14)26-19(28)12-23-22(26)30/h2-11H,12H2,1H3,(H,23,30)(H,24,29). The predicted molar refractivity (Wildman–Crippen MR) is 119 cm³/mol. The van der Waals surface area contributed by atoms with Gasteiger partial charge < -0.3 is 10.6 Å². The van der Waals surface area contributed by atoms with Crippen molar-refractivity contribution in [2.24, 2.45) is 0 Å². The van der Waals surface area contributed by atoms with Gasteiger partial charge in [-0.2, -0.15) is 5.10 Å². The van der Waals surface area contributed by atoms with E-state index in [0.717, 1.165) is 26.5 Å². The van der Waals surface area contributed by atoms with E-state index in [0.29, 0.717) is 16.3 Å². The summed E-state index contributed by atoms with van der Waals surface area (Å²) in [5.41, 5.74) is 2.82. The van der Waals surface area contributed by atoms with Crippen LogP contribution in [0.15, 0.2) is 60.7 Å². The summed E-state index contributed by atoms with van der Waals surface area (Å²) in [5.74, 6) is -0.544. The van der Waals surface area contributed by atoms with Crippen LogP contribution in [0.25, 0.3) is 15.9 Å². The molecule has 0 unspecified atom stereocenters. The van der Waals surface area contributed by atoms with Crippen molar-refractivity contribution >= 4 is 50.8 Å². The lowest BCUT2D eigenvalue weighted by molar-refractivity contribution is -0.115. The molecule has 9 heteroatoms. The minimum Gasteiger partial charge on any atom is -0.328 e. The lowest BCUT2D eigenvalue weighted by Crippen LogP contribution is -2.30. The molecule has 0 bridgehead atoms. The molecule has 2 aromatic heterocycles. The number of imide groups is 1. The summed E-state index contributed by atoms with van der Waals surface area (Å²) in [5, 5.41) is 10.9. The van der Waals surface area contributed by atoms with E-state index in [-0.39, 0.29) is 18.4 Å². The van der Waals surface area contributed by atoms with Crippen molar-refractivity contribution in [1.82, 2.24) is 15.1 Å². The third kappa shape index (κ3) is 3.34. The Kier molecular flexibility index (Phi) is 4.52. The van der Waals surface area contributed by atoms with Gasteiger partial charge in [0.15, 0.2) is 0 Å². The molecule has 3 heterocycles. The molecular weight excluding hydrogens is 414 g/mol. The quantitative estimate of drug-likeness (QED) is 0.482. The molecule has 0 saturated carbocycles. The van der Waals surface area contributed by atoms with Gasteiger partial charge in [0.1, 0.15) is 4.83 Å². The van der Waals surface area contributed by atoms with Crippen LogP contribution in [-0.4, -0.2) is 34.2 Å². The van der Waals surface area contributed by atoms with Crippen molar-refractivity contribution in [3.05, 3.63) is 71.2 Å². The minimum absolute atomic E-state index is 0.0108. The molecule has 4 aromatic rings. The highest BCUT2D eigenvalue weighted by molar-refractivity contribution is 7.20. The molecule has 0 spiro atoms. The van der Waals surface area contributed by atoms with Crippen molar-refractivity contribution in [1.29, 1.82) is 0 Å². The first-order chi connectivity index (χ1) is 15.0. The van der Waals surface area contributed by atoms with E-state index in [1.807, 2.05) is 48.0 Å². The van der Waals surface area contributed by atoms with Crippen molar-refractivity contribution < 1.29 is 14.4 Å². The Morgan fingerprint density at radius 2 is 1.81 bits per heavy atom. The first-order valence-electron chi connectivity index (χ1n) is 9.58. The largest absolute Gasteiger partial charge is 0.329 e. The van der Waals surface area contributed by atoms with Gasteiger partial charge in [-0.15, -0.1) is 11.3 Å². The van der Waals surface area contributed by atoms with Gasteiger partial charge >= 0.3 is 6.03 Å². The zero-order chi connectivity index (χ0) is 21.5. The third-order valence-electron chi connectivity index (χ3n) is 5.00. The second-order valence-corrected chi connectivity index (χ2v) is 8.08. The fourth-order valence-electron chi connectivity index (χ4n) is 3.47. The van der Waals surface area contributed by atoms with Crippen LogP contribution in [0.4, 0.5) is 16.2 Å². The maximum Gasteiger partial charge on any atom is 0.329 e. The Labute approximate surface area is 181 Å². The number of thiophene rings is 1. The minimum atomic E-state index is -0.449. The number of carbonyl (C=O) groups is 3. The number of rotatable bonds is 4. The molecule has 154 valence electrons. The molecule has 5 rings (SSSR count). The molecule has 1 fully saturated rings. The van der Waals surface area contributed by atoms with E-state index in [9.17, 15) is 14.4 Å². The van der Waals surface area contributed by atoms with Gasteiger partial charge in [0.2, 0.25) is 0 Å². The first-order valence-corrected chi connectivity index (χ1v) is 10.4. The molecule has 0 aliphatic carbocycles. The average molecular weight is 431 g/mol. The fourth-order valence-corrected chi connectivity index (χ4v) is 4.55. The summed E-state index contributed by atoms with van der Waals surface area (Å²) in [6.45, 7) is 1.91. The van der Waals surface area contributed by atoms with E-state index < -0.39 is 6.03 Å². The number of hydrogen-bond acceptors (Lipinski definition) is 5. The smallest absolute Gasteiger partial charge is 0.328 e. The molecule has 2 aromatic carbocycles. The van der Waals surface area contributed by atoms with Crippen molar-refractivity contribution in [3.63, 3.8) is 0 Å². The van der Waals surface area contributed by atoms with Crippen LogP contribution in [0.5, 0.6) is 0 Å². The number of nitrogens with one attached hydrogen (secondary N) is 2. The molecule has 1 aliphatic rings. The van der Waals surface area contributed by atoms with Crippen LogP contribution in [0, 0.1) is 6.92 Å². The Bertz CT molecular complexity index is 1310. The number of hydrogen-bond donors (Lipinski definition) is 2. The monoisotopic (exact) mass is 431 g/mol. The number of aryl methyl sites for hydroxylation is 1. The van der Waals surface area contributed by atoms with Gasteiger partial charge in [-0.1, -0.05) is 18.2 Å². The summed E-state index contributed by atoms with van der Waals surface area (Å²) >= 11 is 1.37. The van der Waals surface area contributed by atoms with Crippen LogP contribution >= 0.6 is 11.3 Å². The van der Waals surface area contributed by atoms with Crippen molar-refractivity contribution in [2.45, 2.75) is 6.92 Å². The van der Waals surface area contributed by atoms with E-state index in [1.54, 1.807) is 24.3 Å². The molecular formula is C22H17N5O3S. The molecule has 2 N–H and O–H groups in total. The predicted octanol–water partition coefficient (Wildman–Crippen LogP) is 3.70. The zero-order valence-electron chi connectivity index (χ0n) is 16.5. The number of nitrogens with zero attached hydrogens (tertiary/aromatic N) is 3. The number of anilines is 2. The number of amides is 4. The number of fused-ring (bicyclic) bond motifs is 1. The van der Waals surface area contributed by atoms with Crippen LogP contribution in [0.2, 0.25) is 0 Å². The zero-order valence-corrected chi connectivity index (χ0v) is 17.3. The van der Waals surface area contributed by atoms with Crippen LogP contribution < -0.4 is 15.5 Å². The maximum absolute atomic E-state index is 12.8. The van der Waals surface area contributed by atoms with E-state index in [2.05, 4.69) is 15.7 Å². The second kappa shape index (κ2) is 7.37. The highest BCUT2D eigenvalue weighted by Gasteiger charge is 2.29. The number of carbonyl (C=O) groups excluding carboxylic acids is 3. The molecule has 1 saturated heterocycles. The molecule has 31 heavy (non-hydrogen) atoms. The third-order valence-corrected chi connectivity index (χ3v) is 6.11. The number of urea groups is 1. The summed E-state index contributed by atoms with van der Waals surface area (Å²) in [6, 6.07) is 17.8. The fraction of sp³-hybridized carbons (Fsp3) is 0.0909. The Morgan fingerprint density at radius 3 is 2.48 bits per heavy atom. The Hall–Kier alpha value is -3.98. The molecule has 4 amide bonds. The highest BCUT2D eigenvalue weighted by atomic mass is 32.1.